The van der Waals surface area contributed by atoms with Gasteiger partial charge in [-0.2, -0.15) is 14.0 Å². The molecule has 0 amide bonds. The molecule has 1 aromatic carbocycles. The summed E-state index contributed by atoms with van der Waals surface area (Å²) < 4.78 is 53.0. The van der Waals surface area contributed by atoms with Crippen LogP contribution in [-0.2, 0) is 20.0 Å². The van der Waals surface area contributed by atoms with Gasteiger partial charge in [0, 0.05) is 24.7 Å². The van der Waals surface area contributed by atoms with Crippen LogP contribution in [-0.4, -0.2) is 61.5 Å². The van der Waals surface area contributed by atoms with E-state index >= 15 is 8.78 Å². The molecule has 0 spiro atoms. The average molecular weight is 689 g/mol. The lowest BCUT2D eigenvalue weighted by Crippen LogP contribution is -2.46. The summed E-state index contributed by atoms with van der Waals surface area (Å²) in [4.78, 5) is 0. The van der Waals surface area contributed by atoms with E-state index in [1.165, 1.54) is 11.1 Å². The van der Waals surface area contributed by atoms with Crippen molar-refractivity contribution in [3.05, 3.63) is 65.2 Å². The zero-order valence-corrected chi connectivity index (χ0v) is 32.7. The van der Waals surface area contributed by atoms with E-state index in [2.05, 4.69) is 133 Å². The molecule has 47 heavy (non-hydrogen) atoms. The highest BCUT2D eigenvalue weighted by atomic mass is 28.4. The fourth-order valence-electron chi connectivity index (χ4n) is 6.11. The Kier molecular flexibility index (Phi) is 11.2. The smallest absolute Gasteiger partial charge is 0.310 e. The number of nitrogens with one attached hydrogen (secondary N) is 1. The summed E-state index contributed by atoms with van der Waals surface area (Å²) in [5.41, 5.74) is 2.36. The van der Waals surface area contributed by atoms with Crippen LogP contribution in [0.1, 0.15) is 90.6 Å². The summed E-state index contributed by atoms with van der Waals surface area (Å²) in [7, 11) is -4.48. The first-order chi connectivity index (χ1) is 21.6. The van der Waals surface area contributed by atoms with Crippen LogP contribution in [0, 0.1) is 18.8 Å². The lowest BCUT2D eigenvalue weighted by molar-refractivity contribution is -0.0259. The van der Waals surface area contributed by atoms with Crippen molar-refractivity contribution in [2.24, 2.45) is 11.8 Å². The molecule has 1 aromatic heterocycles. The predicted octanol–water partition coefficient (Wildman–Crippen LogP) is 9.53. The molecule has 2 aliphatic rings. The summed E-state index contributed by atoms with van der Waals surface area (Å²) in [6.45, 7) is 26.4. The Morgan fingerprint density at radius 3 is 2.36 bits per heavy atom. The van der Waals surface area contributed by atoms with Crippen LogP contribution in [0.4, 0.5) is 8.78 Å². The topological polar surface area (TPSA) is 82.2 Å². The molecule has 4 rings (SSSR count). The number of tetrazole rings is 1. The monoisotopic (exact) mass is 688 g/mol. The fourth-order valence-corrected chi connectivity index (χ4v) is 8.79. The molecule has 0 unspecified atom stereocenters. The minimum Gasteiger partial charge on any atom is -0.488 e. The Bertz CT molecular complexity index is 1400. The number of aromatic nitrogens is 4. The SMILES string of the molecule is Cc1cccc([C@@H](C)[C@@H](/C=C/[C@@H]2[C@@H]3[C@H](C[C@H]2O[Si](C)(C)C(C)(C)C)O/C(=C\CCCc2nn[nH]n2)C3(F)F)O[Si](C)(C)C(C)(C)C)c1. The van der Waals surface area contributed by atoms with Gasteiger partial charge in [0.1, 0.15) is 6.10 Å². The van der Waals surface area contributed by atoms with E-state index in [1.54, 1.807) is 6.08 Å². The van der Waals surface area contributed by atoms with Gasteiger partial charge in [0.25, 0.3) is 0 Å². The molecule has 6 atom stereocenters. The number of hydrogen-bond acceptors (Lipinski definition) is 6. The van der Waals surface area contributed by atoms with Crippen LogP contribution in [0.3, 0.4) is 0 Å². The van der Waals surface area contributed by atoms with Gasteiger partial charge in [-0.05, 0) is 67.7 Å². The minimum atomic E-state index is -3.12. The van der Waals surface area contributed by atoms with Crippen molar-refractivity contribution in [1.29, 1.82) is 0 Å². The number of nitrogens with zero attached hydrogens (tertiary/aromatic N) is 3. The Labute approximate surface area is 283 Å². The maximum atomic E-state index is 16.4. The molecule has 262 valence electrons. The zero-order valence-electron chi connectivity index (χ0n) is 30.7. The van der Waals surface area contributed by atoms with Crippen LogP contribution < -0.4 is 0 Å². The third kappa shape index (κ3) is 8.51. The standard InChI is InChI=1S/C36H58F2N4O3Si2/c1-24-16-15-17-26(22-24)25(2)28(44-46(9,10)34(3,4)5)21-20-27-29(45-47(11,12)35(6,7)8)23-30-33(27)36(37,38)31(43-30)18-13-14-19-32-39-41-42-40-32/h15-18,20-22,25,27-30,33H,13-14,19,23H2,1-12H3,(H,39,40,41,42)/b21-20+,31-18-/t25-,27+,28-,29-,30+,33-/m1/s1. The van der Waals surface area contributed by atoms with E-state index in [1.807, 2.05) is 6.08 Å². The molecule has 2 heterocycles. The van der Waals surface area contributed by atoms with Gasteiger partial charge in [0.2, 0.25) is 0 Å². The van der Waals surface area contributed by atoms with Gasteiger partial charge in [-0.1, -0.05) is 95.7 Å². The highest BCUT2D eigenvalue weighted by Crippen LogP contribution is 2.56. The van der Waals surface area contributed by atoms with Crippen molar-refractivity contribution in [2.75, 3.05) is 0 Å². The molecule has 1 aliphatic heterocycles. The van der Waals surface area contributed by atoms with Crippen LogP contribution in [0.25, 0.3) is 0 Å². The molecule has 1 saturated carbocycles. The maximum absolute atomic E-state index is 16.4. The van der Waals surface area contributed by atoms with E-state index in [0.717, 1.165) is 0 Å². The summed E-state index contributed by atoms with van der Waals surface area (Å²) in [5.74, 6) is -4.26. The van der Waals surface area contributed by atoms with E-state index < -0.39 is 40.5 Å². The second-order valence-electron chi connectivity index (χ2n) is 16.8. The Morgan fingerprint density at radius 2 is 1.77 bits per heavy atom. The van der Waals surface area contributed by atoms with Crippen molar-refractivity contribution in [3.8, 4) is 0 Å². The number of H-pyrrole nitrogens is 1. The number of halogens is 2. The normalized spacial score (nSPS) is 25.7. The lowest BCUT2D eigenvalue weighted by Gasteiger charge is -2.41. The first-order valence-electron chi connectivity index (χ1n) is 17.2. The number of hydrogen-bond donors (Lipinski definition) is 1. The first-order valence-corrected chi connectivity index (χ1v) is 23.0. The summed E-state index contributed by atoms with van der Waals surface area (Å²) in [6, 6.07) is 8.50. The maximum Gasteiger partial charge on any atom is 0.310 e. The number of aromatic amines is 1. The Balaban J connectivity index is 1.67. The molecular formula is C36H58F2N4O3Si2. The van der Waals surface area contributed by atoms with Gasteiger partial charge >= 0.3 is 5.92 Å². The van der Waals surface area contributed by atoms with Crippen LogP contribution in [0.15, 0.2) is 48.3 Å². The molecular weight excluding hydrogens is 631 g/mol. The number of rotatable bonds is 12. The Hall–Kier alpha value is -2.22. The third-order valence-corrected chi connectivity index (χ3v) is 20.1. The largest absolute Gasteiger partial charge is 0.488 e. The second kappa shape index (κ2) is 14.0. The molecule has 2 aromatic rings. The molecule has 2 fully saturated rings. The number of unbranched alkanes of at least 4 members (excludes halogenated alkanes) is 1. The van der Waals surface area contributed by atoms with Crippen LogP contribution >= 0.6 is 0 Å². The van der Waals surface area contributed by atoms with Crippen molar-refractivity contribution in [2.45, 2.75) is 147 Å². The van der Waals surface area contributed by atoms with Gasteiger partial charge in [-0.3, -0.25) is 0 Å². The summed E-state index contributed by atoms with van der Waals surface area (Å²) in [6.07, 6.45) is 6.44. The van der Waals surface area contributed by atoms with Crippen molar-refractivity contribution in [1.82, 2.24) is 20.6 Å². The van der Waals surface area contributed by atoms with Crippen LogP contribution in [0.2, 0.25) is 36.3 Å². The molecule has 1 N–H and O–H groups in total. The average Bonchev–Trinajstić information content (AvgIpc) is 3.64. The van der Waals surface area contributed by atoms with Crippen molar-refractivity contribution < 1.29 is 22.4 Å². The molecule has 1 aliphatic carbocycles. The van der Waals surface area contributed by atoms with Gasteiger partial charge in [0.15, 0.2) is 28.2 Å². The van der Waals surface area contributed by atoms with Crippen molar-refractivity contribution >= 4 is 16.6 Å². The molecule has 0 radical (unpaired) electrons. The van der Waals surface area contributed by atoms with E-state index in [0.29, 0.717) is 31.5 Å². The fraction of sp³-hybridized carbons (Fsp3) is 0.694. The second-order valence-corrected chi connectivity index (χ2v) is 26.3. The number of allylic oxidation sites excluding steroid dienone is 2. The van der Waals surface area contributed by atoms with Gasteiger partial charge in [-0.25, -0.2) is 0 Å². The molecule has 0 bridgehead atoms. The summed E-state index contributed by atoms with van der Waals surface area (Å²) in [5, 5.41) is 13.9. The van der Waals surface area contributed by atoms with Gasteiger partial charge in [0.05, 0.1) is 18.1 Å². The van der Waals surface area contributed by atoms with E-state index in [9.17, 15) is 0 Å². The highest BCUT2D eigenvalue weighted by molar-refractivity contribution is 6.74. The quantitative estimate of drug-likeness (QED) is 0.136. The van der Waals surface area contributed by atoms with Crippen molar-refractivity contribution in [3.63, 3.8) is 0 Å². The third-order valence-electron chi connectivity index (χ3n) is 11.1. The zero-order chi connectivity index (χ0) is 35.0. The Morgan fingerprint density at radius 1 is 1.09 bits per heavy atom. The number of aryl methyl sites for hydroxylation is 2. The minimum absolute atomic E-state index is 0.00634. The van der Waals surface area contributed by atoms with Gasteiger partial charge in [-0.15, -0.1) is 10.2 Å². The first kappa shape index (κ1) is 37.6. The summed E-state index contributed by atoms with van der Waals surface area (Å²) >= 11 is 0. The number of fused-ring (bicyclic) bond motifs is 1. The molecule has 11 heteroatoms. The number of benzene rings is 1. The highest BCUT2D eigenvalue weighted by Gasteiger charge is 2.64. The van der Waals surface area contributed by atoms with E-state index in [4.69, 9.17) is 13.6 Å². The lowest BCUT2D eigenvalue weighted by atomic mass is 9.86. The molecule has 1 saturated heterocycles. The number of alkyl halides is 2. The molecule has 7 nitrogen and oxygen atoms in total. The number of ether oxygens (including phenoxy) is 1. The van der Waals surface area contributed by atoms with E-state index in [-0.39, 0.29) is 34.0 Å². The van der Waals surface area contributed by atoms with Crippen LogP contribution in [0.5, 0.6) is 0 Å². The van der Waals surface area contributed by atoms with Gasteiger partial charge < -0.3 is 13.6 Å². The predicted molar refractivity (Wildman–Crippen MR) is 189 cm³/mol.